The highest BCUT2D eigenvalue weighted by atomic mass is 79.9. The van der Waals surface area contributed by atoms with E-state index in [0.29, 0.717) is 23.0 Å². The molecule has 0 aliphatic heterocycles. The van der Waals surface area contributed by atoms with Gasteiger partial charge in [0.05, 0.1) is 10.9 Å². The average molecular weight is 369 g/mol. The number of aliphatic hydroxyl groups excluding tert-OH is 1. The highest BCUT2D eigenvalue weighted by Crippen LogP contribution is 2.65. The summed E-state index contributed by atoms with van der Waals surface area (Å²) in [5.41, 5.74) is 0.351. The Hall–Kier alpha value is 0.110. The van der Waals surface area contributed by atoms with Gasteiger partial charge in [0.25, 0.3) is 0 Å². The summed E-state index contributed by atoms with van der Waals surface area (Å²) in [7, 11) is 0. The molecule has 8 atom stereocenters. The van der Waals surface area contributed by atoms with Gasteiger partial charge >= 0.3 is 0 Å². The van der Waals surface area contributed by atoms with Crippen LogP contribution in [0.1, 0.15) is 65.2 Å². The number of halogens is 1. The molecule has 0 radical (unpaired) electrons. The minimum atomic E-state index is -0.0662. The maximum Gasteiger partial charge on any atom is 0.152 e. The number of carbonyl (C=O) groups excluding carboxylic acids is 1. The normalized spacial score (nSPS) is 57.9. The lowest BCUT2D eigenvalue weighted by Gasteiger charge is -2.60. The Morgan fingerprint density at radius 3 is 2.59 bits per heavy atom. The molecule has 0 aromatic heterocycles. The highest BCUT2D eigenvalue weighted by molar-refractivity contribution is 9.10. The minimum Gasteiger partial charge on any atom is -0.393 e. The van der Waals surface area contributed by atoms with Crippen molar-refractivity contribution >= 4 is 21.7 Å². The second kappa shape index (κ2) is 5.05. The lowest BCUT2D eigenvalue weighted by molar-refractivity contribution is -0.142. The van der Waals surface area contributed by atoms with E-state index in [1.54, 1.807) is 0 Å². The number of rotatable bonds is 0. The van der Waals surface area contributed by atoms with Crippen molar-refractivity contribution in [2.45, 2.75) is 76.1 Å². The van der Waals surface area contributed by atoms with Crippen molar-refractivity contribution in [3.63, 3.8) is 0 Å². The van der Waals surface area contributed by atoms with Crippen LogP contribution in [-0.4, -0.2) is 21.8 Å². The first-order valence-corrected chi connectivity index (χ1v) is 10.1. The molecule has 4 aliphatic rings. The molecular formula is C19H29BrO2. The first-order chi connectivity index (χ1) is 10.4. The predicted molar refractivity (Wildman–Crippen MR) is 90.8 cm³/mol. The third-order valence-corrected chi connectivity index (χ3v) is 9.13. The lowest BCUT2D eigenvalue weighted by atomic mass is 9.45. The molecule has 0 saturated heterocycles. The second-order valence-electron chi connectivity index (χ2n) is 9.11. The van der Waals surface area contributed by atoms with E-state index in [4.69, 9.17) is 0 Å². The molecule has 0 aromatic rings. The van der Waals surface area contributed by atoms with Gasteiger partial charge in [-0.05, 0) is 80.5 Å². The van der Waals surface area contributed by atoms with Gasteiger partial charge in [-0.3, -0.25) is 4.79 Å². The molecule has 124 valence electrons. The van der Waals surface area contributed by atoms with Gasteiger partial charge < -0.3 is 5.11 Å². The molecule has 0 bridgehead atoms. The number of ketones is 1. The van der Waals surface area contributed by atoms with Crippen LogP contribution in [0.25, 0.3) is 0 Å². The van der Waals surface area contributed by atoms with E-state index in [9.17, 15) is 9.90 Å². The molecule has 0 heterocycles. The third-order valence-electron chi connectivity index (χ3n) is 8.34. The van der Waals surface area contributed by atoms with E-state index in [1.807, 2.05) is 0 Å². The topological polar surface area (TPSA) is 37.3 Å². The zero-order chi connectivity index (χ0) is 15.7. The van der Waals surface area contributed by atoms with E-state index in [-0.39, 0.29) is 16.3 Å². The van der Waals surface area contributed by atoms with Crippen LogP contribution in [0.15, 0.2) is 0 Å². The number of fused-ring (bicyclic) bond motifs is 5. The summed E-state index contributed by atoms with van der Waals surface area (Å²) in [4.78, 5) is 12.8. The number of hydrogen-bond acceptors (Lipinski definition) is 2. The molecule has 1 N–H and O–H groups in total. The summed E-state index contributed by atoms with van der Waals surface area (Å²) in [6.07, 6.45) is 9.04. The highest BCUT2D eigenvalue weighted by Gasteiger charge is 2.61. The Morgan fingerprint density at radius 1 is 1.05 bits per heavy atom. The van der Waals surface area contributed by atoms with Gasteiger partial charge in [-0.1, -0.05) is 29.8 Å². The lowest BCUT2D eigenvalue weighted by Crippen LogP contribution is -2.54. The summed E-state index contributed by atoms with van der Waals surface area (Å²) in [5.74, 6) is 3.29. The van der Waals surface area contributed by atoms with Crippen molar-refractivity contribution in [3.05, 3.63) is 0 Å². The van der Waals surface area contributed by atoms with E-state index < -0.39 is 0 Å². The molecule has 0 amide bonds. The van der Waals surface area contributed by atoms with Crippen LogP contribution in [0.2, 0.25) is 0 Å². The van der Waals surface area contributed by atoms with E-state index >= 15 is 0 Å². The molecule has 4 fully saturated rings. The molecule has 4 rings (SSSR count). The molecule has 2 nitrogen and oxygen atoms in total. The van der Waals surface area contributed by atoms with Crippen LogP contribution < -0.4 is 0 Å². The smallest absolute Gasteiger partial charge is 0.152 e. The molecule has 4 unspecified atom stereocenters. The van der Waals surface area contributed by atoms with Crippen molar-refractivity contribution in [2.24, 2.45) is 34.5 Å². The zero-order valence-electron chi connectivity index (χ0n) is 13.9. The predicted octanol–water partition coefficient (Wildman–Crippen LogP) is 4.33. The molecule has 22 heavy (non-hydrogen) atoms. The summed E-state index contributed by atoms with van der Waals surface area (Å²) >= 11 is 3.65. The fraction of sp³-hybridized carbons (Fsp3) is 0.947. The van der Waals surface area contributed by atoms with Crippen LogP contribution >= 0.6 is 15.9 Å². The number of aliphatic hydroxyl groups is 1. The third kappa shape index (κ3) is 1.97. The summed E-state index contributed by atoms with van der Waals surface area (Å²) < 4.78 is 0. The van der Waals surface area contributed by atoms with E-state index in [0.717, 1.165) is 37.5 Å². The molecule has 4 saturated carbocycles. The number of carbonyl (C=O) groups is 1. The number of hydrogen-bond donors (Lipinski definition) is 1. The van der Waals surface area contributed by atoms with Gasteiger partial charge in [0.1, 0.15) is 0 Å². The first kappa shape index (κ1) is 15.6. The Balaban J connectivity index is 1.64. The SMILES string of the molecule is C[C@]12CC[C@H](O)CC1CCC1C2CC[C@]2(C)C(=O)[C@H](Br)CC12. The van der Waals surface area contributed by atoms with Crippen LogP contribution in [0, 0.1) is 34.5 Å². The van der Waals surface area contributed by atoms with Crippen LogP contribution in [0.3, 0.4) is 0 Å². The number of Topliss-reactive ketones (excluding diaryl/α,β-unsaturated/α-hetero) is 1. The summed E-state index contributed by atoms with van der Waals surface area (Å²) in [6, 6.07) is 0. The van der Waals surface area contributed by atoms with Gasteiger partial charge in [0, 0.05) is 5.41 Å². The van der Waals surface area contributed by atoms with Crippen molar-refractivity contribution in [3.8, 4) is 0 Å². The largest absolute Gasteiger partial charge is 0.393 e. The van der Waals surface area contributed by atoms with Crippen LogP contribution in [0.5, 0.6) is 0 Å². The first-order valence-electron chi connectivity index (χ1n) is 9.23. The molecule has 3 heteroatoms. The molecule has 0 aromatic carbocycles. The zero-order valence-corrected chi connectivity index (χ0v) is 15.4. The Kier molecular flexibility index (Phi) is 3.59. The van der Waals surface area contributed by atoms with Crippen LogP contribution in [0.4, 0.5) is 0 Å². The Morgan fingerprint density at radius 2 is 1.82 bits per heavy atom. The second-order valence-corrected chi connectivity index (χ2v) is 10.2. The van der Waals surface area contributed by atoms with Crippen molar-refractivity contribution in [1.29, 1.82) is 0 Å². The average Bonchev–Trinajstić information content (AvgIpc) is 2.72. The van der Waals surface area contributed by atoms with Gasteiger partial charge in [-0.15, -0.1) is 0 Å². The fourth-order valence-electron chi connectivity index (χ4n) is 6.98. The Labute approximate surface area is 142 Å². The van der Waals surface area contributed by atoms with Gasteiger partial charge in [0.15, 0.2) is 5.78 Å². The van der Waals surface area contributed by atoms with E-state index in [2.05, 4.69) is 29.8 Å². The summed E-state index contributed by atoms with van der Waals surface area (Å²) in [5, 5.41) is 10.1. The number of alkyl halides is 1. The maximum absolute atomic E-state index is 12.7. The molecular weight excluding hydrogens is 340 g/mol. The minimum absolute atomic E-state index is 0.0628. The Bertz CT molecular complexity index is 492. The van der Waals surface area contributed by atoms with Gasteiger partial charge in [0.2, 0.25) is 0 Å². The van der Waals surface area contributed by atoms with Crippen LogP contribution in [-0.2, 0) is 4.79 Å². The van der Waals surface area contributed by atoms with Crippen molar-refractivity contribution in [1.82, 2.24) is 0 Å². The fourth-order valence-corrected chi connectivity index (χ4v) is 7.91. The molecule has 4 aliphatic carbocycles. The monoisotopic (exact) mass is 368 g/mol. The maximum atomic E-state index is 12.7. The van der Waals surface area contributed by atoms with Gasteiger partial charge in [-0.2, -0.15) is 0 Å². The van der Waals surface area contributed by atoms with Crippen molar-refractivity contribution in [2.75, 3.05) is 0 Å². The quantitative estimate of drug-likeness (QED) is 0.646. The molecule has 0 spiro atoms. The van der Waals surface area contributed by atoms with E-state index in [1.165, 1.54) is 25.7 Å². The summed E-state index contributed by atoms with van der Waals surface area (Å²) in [6.45, 7) is 4.75. The van der Waals surface area contributed by atoms with Crippen molar-refractivity contribution < 1.29 is 9.90 Å². The standard InChI is InChI=1S/C19H29BrO2/c1-18-7-5-12(21)9-11(18)3-4-13-14(18)6-8-19(2)15(13)10-16(20)17(19)22/h11-16,21H,3-10H2,1-2H3/t11?,12-,13?,14?,15?,16+,18-,19-/m0/s1. The van der Waals surface area contributed by atoms with Gasteiger partial charge in [-0.25, -0.2) is 0 Å².